The standard InChI is InChI=1S/C17H14F3NO/c1-22-15-4-2-3-14-13(15)9-10-21-16(14)11-5-7-12(8-6-11)17(18,19)20/h2-8H,9-10H2,1H3. The third kappa shape index (κ3) is 2.58. The van der Waals surface area contributed by atoms with Gasteiger partial charge in [-0.3, -0.25) is 4.99 Å². The molecule has 0 aliphatic carbocycles. The van der Waals surface area contributed by atoms with Gasteiger partial charge in [0.2, 0.25) is 0 Å². The maximum absolute atomic E-state index is 12.7. The van der Waals surface area contributed by atoms with Crippen LogP contribution in [0.15, 0.2) is 47.5 Å². The van der Waals surface area contributed by atoms with Gasteiger partial charge in [-0.05, 0) is 24.6 Å². The Kier molecular flexibility index (Phi) is 3.64. The molecule has 1 aliphatic rings. The van der Waals surface area contributed by atoms with Crippen LogP contribution in [0.4, 0.5) is 13.2 Å². The Hall–Kier alpha value is -2.30. The van der Waals surface area contributed by atoms with Crippen molar-refractivity contribution in [2.75, 3.05) is 13.7 Å². The molecular weight excluding hydrogens is 291 g/mol. The second-order valence-electron chi connectivity index (χ2n) is 5.04. The van der Waals surface area contributed by atoms with Crippen molar-refractivity contribution in [3.8, 4) is 5.75 Å². The summed E-state index contributed by atoms with van der Waals surface area (Å²) in [7, 11) is 1.61. The van der Waals surface area contributed by atoms with Gasteiger partial charge < -0.3 is 4.74 Å². The number of hydrogen-bond donors (Lipinski definition) is 0. The fraction of sp³-hybridized carbons (Fsp3) is 0.235. The summed E-state index contributed by atoms with van der Waals surface area (Å²) in [6, 6.07) is 10.8. The zero-order chi connectivity index (χ0) is 15.7. The molecule has 0 aromatic heterocycles. The highest BCUT2D eigenvalue weighted by molar-refractivity contribution is 6.14. The molecule has 0 spiro atoms. The molecule has 3 rings (SSSR count). The number of fused-ring (bicyclic) bond motifs is 1. The van der Waals surface area contributed by atoms with Gasteiger partial charge in [-0.1, -0.05) is 24.3 Å². The first-order valence-electron chi connectivity index (χ1n) is 6.89. The van der Waals surface area contributed by atoms with Crippen molar-refractivity contribution in [1.29, 1.82) is 0 Å². The van der Waals surface area contributed by atoms with Gasteiger partial charge in [-0.15, -0.1) is 0 Å². The van der Waals surface area contributed by atoms with Crippen molar-refractivity contribution < 1.29 is 17.9 Å². The molecule has 1 aliphatic heterocycles. The minimum atomic E-state index is -4.33. The van der Waals surface area contributed by atoms with Crippen molar-refractivity contribution in [3.05, 3.63) is 64.7 Å². The third-order valence-corrected chi connectivity index (χ3v) is 3.73. The SMILES string of the molecule is COc1cccc2c1CCN=C2c1ccc(C(F)(F)F)cc1. The van der Waals surface area contributed by atoms with Crippen LogP contribution in [0.3, 0.4) is 0 Å². The van der Waals surface area contributed by atoms with Crippen LogP contribution in [-0.2, 0) is 12.6 Å². The number of methoxy groups -OCH3 is 1. The molecule has 5 heteroatoms. The van der Waals surface area contributed by atoms with Crippen LogP contribution in [0.1, 0.15) is 22.3 Å². The lowest BCUT2D eigenvalue weighted by molar-refractivity contribution is -0.137. The van der Waals surface area contributed by atoms with Crippen molar-refractivity contribution in [2.24, 2.45) is 4.99 Å². The van der Waals surface area contributed by atoms with E-state index in [9.17, 15) is 13.2 Å². The summed E-state index contributed by atoms with van der Waals surface area (Å²) < 4.78 is 43.3. The number of ether oxygens (including phenoxy) is 1. The molecule has 2 aromatic rings. The second-order valence-corrected chi connectivity index (χ2v) is 5.04. The number of alkyl halides is 3. The first kappa shape index (κ1) is 14.6. The van der Waals surface area contributed by atoms with Crippen molar-refractivity contribution >= 4 is 5.71 Å². The molecule has 22 heavy (non-hydrogen) atoms. The number of hydrogen-bond acceptors (Lipinski definition) is 2. The average Bonchev–Trinajstić information content (AvgIpc) is 2.53. The molecule has 2 nitrogen and oxygen atoms in total. The predicted molar refractivity (Wildman–Crippen MR) is 78.6 cm³/mol. The van der Waals surface area contributed by atoms with Crippen LogP contribution in [-0.4, -0.2) is 19.4 Å². The molecule has 0 saturated heterocycles. The summed E-state index contributed by atoms with van der Waals surface area (Å²) in [6.45, 7) is 0.601. The molecule has 114 valence electrons. The maximum Gasteiger partial charge on any atom is 0.416 e. The zero-order valence-corrected chi connectivity index (χ0v) is 11.9. The Morgan fingerprint density at radius 2 is 1.77 bits per heavy atom. The zero-order valence-electron chi connectivity index (χ0n) is 11.9. The summed E-state index contributed by atoms with van der Waals surface area (Å²) in [5.41, 5.74) is 2.72. The lowest BCUT2D eigenvalue weighted by Crippen LogP contribution is -2.15. The summed E-state index contributed by atoms with van der Waals surface area (Å²) in [5, 5.41) is 0. The van der Waals surface area contributed by atoms with Crippen molar-refractivity contribution in [1.82, 2.24) is 0 Å². The lowest BCUT2D eigenvalue weighted by Gasteiger charge is -2.20. The van der Waals surface area contributed by atoms with Crippen LogP contribution >= 0.6 is 0 Å². The Bertz CT molecular complexity index is 718. The average molecular weight is 305 g/mol. The first-order valence-corrected chi connectivity index (χ1v) is 6.89. The predicted octanol–water partition coefficient (Wildman–Crippen LogP) is 4.11. The molecule has 0 fully saturated rings. The largest absolute Gasteiger partial charge is 0.496 e. The normalized spacial score (nSPS) is 14.3. The van der Waals surface area contributed by atoms with Gasteiger partial charge >= 0.3 is 6.18 Å². The highest BCUT2D eigenvalue weighted by Gasteiger charge is 2.30. The number of halogens is 3. The molecule has 0 unspecified atom stereocenters. The van der Waals surface area contributed by atoms with E-state index in [-0.39, 0.29) is 0 Å². The number of benzene rings is 2. The third-order valence-electron chi connectivity index (χ3n) is 3.73. The maximum atomic E-state index is 12.7. The molecule has 0 radical (unpaired) electrons. The van der Waals surface area contributed by atoms with Gasteiger partial charge in [-0.2, -0.15) is 13.2 Å². The van der Waals surface area contributed by atoms with E-state index < -0.39 is 11.7 Å². The van der Waals surface area contributed by atoms with E-state index in [1.165, 1.54) is 12.1 Å². The molecule has 0 bridgehead atoms. The van der Waals surface area contributed by atoms with Crippen LogP contribution < -0.4 is 4.74 Å². The summed E-state index contributed by atoms with van der Waals surface area (Å²) in [4.78, 5) is 4.49. The Morgan fingerprint density at radius 3 is 2.41 bits per heavy atom. The fourth-order valence-corrected chi connectivity index (χ4v) is 2.67. The van der Waals surface area contributed by atoms with E-state index >= 15 is 0 Å². The van der Waals surface area contributed by atoms with E-state index in [1.54, 1.807) is 7.11 Å². The van der Waals surface area contributed by atoms with E-state index in [0.717, 1.165) is 35.4 Å². The van der Waals surface area contributed by atoms with Gasteiger partial charge in [-0.25, -0.2) is 0 Å². The van der Waals surface area contributed by atoms with Gasteiger partial charge in [0.1, 0.15) is 5.75 Å². The van der Waals surface area contributed by atoms with Crippen molar-refractivity contribution in [3.63, 3.8) is 0 Å². The monoisotopic (exact) mass is 305 g/mol. The topological polar surface area (TPSA) is 21.6 Å². The molecule has 0 N–H and O–H groups in total. The molecule has 0 saturated carbocycles. The lowest BCUT2D eigenvalue weighted by atomic mass is 9.92. The van der Waals surface area contributed by atoms with Crippen molar-refractivity contribution in [2.45, 2.75) is 12.6 Å². The molecule has 0 atom stereocenters. The fourth-order valence-electron chi connectivity index (χ4n) is 2.67. The highest BCUT2D eigenvalue weighted by Crippen LogP contribution is 2.31. The number of nitrogens with zero attached hydrogens (tertiary/aromatic N) is 1. The Balaban J connectivity index is 2.02. The minimum Gasteiger partial charge on any atom is -0.496 e. The van der Waals surface area contributed by atoms with Crippen LogP contribution in [0, 0.1) is 0 Å². The second kappa shape index (κ2) is 5.48. The van der Waals surface area contributed by atoms with Gasteiger partial charge in [0.25, 0.3) is 0 Å². The van der Waals surface area contributed by atoms with E-state index in [1.807, 2.05) is 18.2 Å². The van der Waals surface area contributed by atoms with E-state index in [0.29, 0.717) is 17.8 Å². The van der Waals surface area contributed by atoms with Gasteiger partial charge in [0, 0.05) is 23.2 Å². The van der Waals surface area contributed by atoms with E-state index in [2.05, 4.69) is 4.99 Å². The van der Waals surface area contributed by atoms with Crippen LogP contribution in [0.2, 0.25) is 0 Å². The molecular formula is C17H14F3NO. The highest BCUT2D eigenvalue weighted by atomic mass is 19.4. The quantitative estimate of drug-likeness (QED) is 0.818. The summed E-state index contributed by atoms with van der Waals surface area (Å²) in [5.74, 6) is 0.789. The summed E-state index contributed by atoms with van der Waals surface area (Å²) >= 11 is 0. The van der Waals surface area contributed by atoms with Gasteiger partial charge in [0.05, 0.1) is 18.4 Å². The van der Waals surface area contributed by atoms with Crippen LogP contribution in [0.25, 0.3) is 0 Å². The van der Waals surface area contributed by atoms with Gasteiger partial charge in [0.15, 0.2) is 0 Å². The molecule has 1 heterocycles. The Morgan fingerprint density at radius 1 is 1.05 bits per heavy atom. The Labute approximate surface area is 126 Å². The summed E-state index contributed by atoms with van der Waals surface area (Å²) in [6.07, 6.45) is -3.56. The molecule has 2 aromatic carbocycles. The molecule has 0 amide bonds. The van der Waals surface area contributed by atoms with Crippen LogP contribution in [0.5, 0.6) is 5.75 Å². The first-order chi connectivity index (χ1) is 10.5. The number of aliphatic imine (C=N–C) groups is 1. The smallest absolute Gasteiger partial charge is 0.416 e. The van der Waals surface area contributed by atoms with E-state index in [4.69, 9.17) is 4.74 Å². The minimum absolute atomic E-state index is 0.601. The number of rotatable bonds is 2.